The number of halogens is 1. The number of benzene rings is 2. The van der Waals surface area contributed by atoms with Gasteiger partial charge in [-0.3, -0.25) is 0 Å². The van der Waals surface area contributed by atoms with Crippen LogP contribution < -0.4 is 5.32 Å². The molecule has 2 aromatic rings. The molecule has 3 nitrogen and oxygen atoms in total. The number of esters is 1. The number of ether oxygens (including phenoxy) is 1. The van der Waals surface area contributed by atoms with Crippen molar-refractivity contribution in [1.29, 1.82) is 0 Å². The molecule has 0 amide bonds. The number of rotatable bonds is 5. The van der Waals surface area contributed by atoms with Crippen LogP contribution in [0.4, 0.5) is 10.1 Å². The zero-order chi connectivity index (χ0) is 15.2. The third-order valence-electron chi connectivity index (χ3n) is 3.30. The van der Waals surface area contributed by atoms with Gasteiger partial charge in [0.1, 0.15) is 5.82 Å². The zero-order valence-electron chi connectivity index (χ0n) is 12.2. The van der Waals surface area contributed by atoms with Gasteiger partial charge in [-0.15, -0.1) is 0 Å². The number of carbonyl (C=O) groups is 1. The Kier molecular flexibility index (Phi) is 4.93. The van der Waals surface area contributed by atoms with E-state index in [1.807, 2.05) is 12.1 Å². The highest BCUT2D eigenvalue weighted by molar-refractivity contribution is 5.95. The second-order valence-corrected chi connectivity index (χ2v) is 4.71. The second-order valence-electron chi connectivity index (χ2n) is 4.71. The predicted molar refractivity (Wildman–Crippen MR) is 80.9 cm³/mol. The average Bonchev–Trinajstić information content (AvgIpc) is 2.52. The van der Waals surface area contributed by atoms with E-state index in [0.29, 0.717) is 17.8 Å². The quantitative estimate of drug-likeness (QED) is 0.850. The lowest BCUT2D eigenvalue weighted by molar-refractivity contribution is 0.0602. The molecule has 0 unspecified atom stereocenters. The first kappa shape index (κ1) is 15.0. The average molecular weight is 287 g/mol. The van der Waals surface area contributed by atoms with Crippen molar-refractivity contribution in [3.05, 3.63) is 65.0 Å². The zero-order valence-corrected chi connectivity index (χ0v) is 12.2. The van der Waals surface area contributed by atoms with Crippen molar-refractivity contribution in [3.63, 3.8) is 0 Å². The Morgan fingerprint density at radius 2 is 1.81 bits per heavy atom. The Morgan fingerprint density at radius 1 is 1.14 bits per heavy atom. The molecule has 0 radical (unpaired) electrons. The molecule has 0 heterocycles. The number of aryl methyl sites for hydroxylation is 1. The first-order valence-electron chi connectivity index (χ1n) is 6.83. The molecular weight excluding hydrogens is 269 g/mol. The van der Waals surface area contributed by atoms with E-state index in [1.54, 1.807) is 0 Å². The number of carbonyl (C=O) groups excluding carboxylic acids is 1. The van der Waals surface area contributed by atoms with Crippen LogP contribution in [0.3, 0.4) is 0 Å². The van der Waals surface area contributed by atoms with Gasteiger partial charge in [0.2, 0.25) is 0 Å². The molecule has 0 aromatic heterocycles. The Morgan fingerprint density at radius 3 is 2.43 bits per heavy atom. The van der Waals surface area contributed by atoms with Gasteiger partial charge in [-0.2, -0.15) is 0 Å². The Hall–Kier alpha value is -2.36. The fourth-order valence-corrected chi connectivity index (χ4v) is 2.04. The summed E-state index contributed by atoms with van der Waals surface area (Å²) in [5, 5.41) is 3.08. The topological polar surface area (TPSA) is 38.3 Å². The van der Waals surface area contributed by atoms with Crippen LogP contribution >= 0.6 is 0 Å². The smallest absolute Gasteiger partial charge is 0.339 e. The minimum Gasteiger partial charge on any atom is -0.465 e. The molecule has 0 bridgehead atoms. The molecule has 2 aromatic carbocycles. The van der Waals surface area contributed by atoms with Crippen LogP contribution in [0.25, 0.3) is 0 Å². The molecule has 0 aliphatic rings. The van der Waals surface area contributed by atoms with E-state index in [-0.39, 0.29) is 0 Å². The number of methoxy groups -OCH3 is 1. The highest BCUT2D eigenvalue weighted by Crippen LogP contribution is 2.19. The molecule has 0 aliphatic heterocycles. The van der Waals surface area contributed by atoms with Gasteiger partial charge in [-0.05, 0) is 35.7 Å². The molecule has 0 fully saturated rings. The van der Waals surface area contributed by atoms with Gasteiger partial charge in [0.15, 0.2) is 0 Å². The minimum atomic E-state index is -0.487. The van der Waals surface area contributed by atoms with E-state index < -0.39 is 11.8 Å². The molecular formula is C17H18FNO2. The summed E-state index contributed by atoms with van der Waals surface area (Å²) in [6, 6.07) is 12.1. The van der Waals surface area contributed by atoms with Crippen LogP contribution in [0.5, 0.6) is 0 Å². The first-order valence-corrected chi connectivity index (χ1v) is 6.83. The molecule has 1 N–H and O–H groups in total. The normalized spacial score (nSPS) is 10.2. The number of hydrogen-bond donors (Lipinski definition) is 1. The summed E-state index contributed by atoms with van der Waals surface area (Å²) in [7, 11) is 1.30. The summed E-state index contributed by atoms with van der Waals surface area (Å²) in [4.78, 5) is 11.7. The Balaban J connectivity index is 2.14. The maximum Gasteiger partial charge on any atom is 0.339 e. The summed E-state index contributed by atoms with van der Waals surface area (Å²) in [6.45, 7) is 2.61. The van der Waals surface area contributed by atoms with Crippen LogP contribution in [-0.4, -0.2) is 13.1 Å². The van der Waals surface area contributed by atoms with Crippen molar-refractivity contribution >= 4 is 11.7 Å². The summed E-state index contributed by atoms with van der Waals surface area (Å²) in [6.07, 6.45) is 0.990. The maximum atomic E-state index is 13.3. The summed E-state index contributed by atoms with van der Waals surface area (Å²) >= 11 is 0. The molecule has 0 saturated carbocycles. The fourth-order valence-electron chi connectivity index (χ4n) is 2.04. The van der Waals surface area contributed by atoms with E-state index in [0.717, 1.165) is 12.0 Å². The number of nitrogens with one attached hydrogen (secondary N) is 1. The van der Waals surface area contributed by atoms with E-state index in [2.05, 4.69) is 24.4 Å². The molecule has 0 spiro atoms. The third-order valence-corrected chi connectivity index (χ3v) is 3.30. The molecule has 0 saturated heterocycles. The van der Waals surface area contributed by atoms with Gasteiger partial charge in [-0.25, -0.2) is 9.18 Å². The van der Waals surface area contributed by atoms with Crippen molar-refractivity contribution in [2.75, 3.05) is 12.4 Å². The van der Waals surface area contributed by atoms with E-state index in [4.69, 9.17) is 4.74 Å². The van der Waals surface area contributed by atoms with Crippen LogP contribution in [0.2, 0.25) is 0 Å². The van der Waals surface area contributed by atoms with Crippen molar-refractivity contribution in [3.8, 4) is 0 Å². The standard InChI is InChI=1S/C17H18FNO2/c1-3-12-4-6-13(7-5-12)11-19-16-10-14(18)8-9-15(16)17(20)21-2/h4-10,19H,3,11H2,1-2H3. The van der Waals surface area contributed by atoms with Crippen molar-refractivity contribution in [2.24, 2.45) is 0 Å². The monoisotopic (exact) mass is 287 g/mol. The highest BCUT2D eigenvalue weighted by atomic mass is 19.1. The summed E-state index contributed by atoms with van der Waals surface area (Å²) in [5.41, 5.74) is 3.08. The lowest BCUT2D eigenvalue weighted by atomic mass is 10.1. The van der Waals surface area contributed by atoms with Gasteiger partial charge in [0.25, 0.3) is 0 Å². The molecule has 0 atom stereocenters. The summed E-state index contributed by atoms with van der Waals surface area (Å²) < 4.78 is 18.0. The Labute approximate surface area is 123 Å². The molecule has 2 rings (SSSR count). The predicted octanol–water partition coefficient (Wildman–Crippen LogP) is 3.79. The van der Waals surface area contributed by atoms with E-state index >= 15 is 0 Å². The number of anilines is 1. The number of hydrogen-bond acceptors (Lipinski definition) is 3. The van der Waals surface area contributed by atoms with Crippen molar-refractivity contribution in [1.82, 2.24) is 0 Å². The van der Waals surface area contributed by atoms with Crippen LogP contribution in [0.15, 0.2) is 42.5 Å². The largest absolute Gasteiger partial charge is 0.465 e. The van der Waals surface area contributed by atoms with Crippen molar-refractivity contribution < 1.29 is 13.9 Å². The minimum absolute atomic E-state index is 0.323. The van der Waals surface area contributed by atoms with Crippen LogP contribution in [0, 0.1) is 5.82 Å². The van der Waals surface area contributed by atoms with Crippen molar-refractivity contribution in [2.45, 2.75) is 19.9 Å². The van der Waals surface area contributed by atoms with Gasteiger partial charge in [0.05, 0.1) is 18.4 Å². The Bertz CT molecular complexity index is 623. The summed E-state index contributed by atoms with van der Waals surface area (Å²) in [5.74, 6) is -0.884. The van der Waals surface area contributed by atoms with E-state index in [9.17, 15) is 9.18 Å². The first-order chi connectivity index (χ1) is 10.1. The van der Waals surface area contributed by atoms with Gasteiger partial charge < -0.3 is 10.1 Å². The molecule has 0 aliphatic carbocycles. The maximum absolute atomic E-state index is 13.3. The fraction of sp³-hybridized carbons (Fsp3) is 0.235. The van der Waals surface area contributed by atoms with Gasteiger partial charge in [0, 0.05) is 6.54 Å². The molecule has 21 heavy (non-hydrogen) atoms. The lowest BCUT2D eigenvalue weighted by Crippen LogP contribution is -2.08. The molecule has 110 valence electrons. The second kappa shape index (κ2) is 6.88. The highest BCUT2D eigenvalue weighted by Gasteiger charge is 2.12. The van der Waals surface area contributed by atoms with Gasteiger partial charge in [-0.1, -0.05) is 31.2 Å². The van der Waals surface area contributed by atoms with Gasteiger partial charge >= 0.3 is 5.97 Å². The van der Waals surface area contributed by atoms with Crippen LogP contribution in [0.1, 0.15) is 28.4 Å². The van der Waals surface area contributed by atoms with Crippen LogP contribution in [-0.2, 0) is 17.7 Å². The van der Waals surface area contributed by atoms with E-state index in [1.165, 1.54) is 30.9 Å². The third kappa shape index (κ3) is 3.81. The lowest BCUT2D eigenvalue weighted by Gasteiger charge is -2.11. The SMILES string of the molecule is CCc1ccc(CNc2cc(F)ccc2C(=O)OC)cc1. The molecule has 4 heteroatoms.